The van der Waals surface area contributed by atoms with E-state index in [2.05, 4.69) is 55.9 Å². The highest BCUT2D eigenvalue weighted by Gasteiger charge is 2.19. The molecular weight excluding hydrogens is 432 g/mol. The monoisotopic (exact) mass is 454 g/mol. The van der Waals surface area contributed by atoms with E-state index < -0.39 is 0 Å². The molecule has 8 heteroatoms. The Kier molecular flexibility index (Phi) is 5.75. The van der Waals surface area contributed by atoms with Gasteiger partial charge in [-0.05, 0) is 50.1 Å². The first-order valence-corrected chi connectivity index (χ1v) is 11.5. The van der Waals surface area contributed by atoms with Gasteiger partial charge < -0.3 is 4.52 Å². The molecule has 0 atom stereocenters. The van der Waals surface area contributed by atoms with Crippen molar-refractivity contribution in [1.82, 2.24) is 29.9 Å². The fraction of sp³-hybridized carbons (Fsp3) is 0.160. The van der Waals surface area contributed by atoms with Gasteiger partial charge in [0.25, 0.3) is 0 Å². The molecule has 0 radical (unpaired) electrons. The van der Waals surface area contributed by atoms with Crippen molar-refractivity contribution in [1.29, 1.82) is 0 Å². The Labute approximate surface area is 195 Å². The molecule has 0 aliphatic rings. The smallest absolute Gasteiger partial charge is 0.237 e. The Morgan fingerprint density at radius 2 is 1.67 bits per heavy atom. The van der Waals surface area contributed by atoms with Crippen molar-refractivity contribution >= 4 is 11.8 Å². The number of hydrogen-bond donors (Lipinski definition) is 0. The molecule has 5 aromatic rings. The van der Waals surface area contributed by atoms with E-state index in [0.717, 1.165) is 27.8 Å². The molecule has 0 unspecified atom stereocenters. The summed E-state index contributed by atoms with van der Waals surface area (Å²) in [7, 11) is 0. The summed E-state index contributed by atoms with van der Waals surface area (Å²) in [5.74, 6) is 2.37. The SMILES string of the molecule is Cc1ccc(-c2noc(CSc3nnc(-c4ccncc4)n3-c3cccc(C)c3C)n2)cc1. The van der Waals surface area contributed by atoms with Gasteiger partial charge in [0, 0.05) is 23.5 Å². The van der Waals surface area contributed by atoms with E-state index >= 15 is 0 Å². The van der Waals surface area contributed by atoms with Gasteiger partial charge in [-0.25, -0.2) is 0 Å². The summed E-state index contributed by atoms with van der Waals surface area (Å²) in [6.07, 6.45) is 3.52. The van der Waals surface area contributed by atoms with E-state index in [4.69, 9.17) is 4.52 Å². The molecule has 3 aromatic heterocycles. The number of pyridine rings is 1. The van der Waals surface area contributed by atoms with Crippen LogP contribution in [0.1, 0.15) is 22.6 Å². The van der Waals surface area contributed by atoms with Crippen molar-refractivity contribution in [3.05, 3.63) is 89.6 Å². The molecule has 0 fully saturated rings. The zero-order valence-electron chi connectivity index (χ0n) is 18.6. The Morgan fingerprint density at radius 3 is 2.45 bits per heavy atom. The van der Waals surface area contributed by atoms with E-state index in [1.807, 2.05) is 49.4 Å². The van der Waals surface area contributed by atoms with E-state index in [-0.39, 0.29) is 0 Å². The lowest BCUT2D eigenvalue weighted by atomic mass is 10.1. The number of rotatable bonds is 6. The Bertz CT molecular complexity index is 1390. The number of aryl methyl sites for hydroxylation is 2. The van der Waals surface area contributed by atoms with Crippen molar-refractivity contribution in [3.63, 3.8) is 0 Å². The molecule has 0 saturated carbocycles. The third-order valence-electron chi connectivity index (χ3n) is 5.49. The summed E-state index contributed by atoms with van der Waals surface area (Å²) in [5, 5.41) is 13.9. The molecule has 164 valence electrons. The summed E-state index contributed by atoms with van der Waals surface area (Å²) >= 11 is 1.51. The first-order chi connectivity index (χ1) is 16.1. The van der Waals surface area contributed by atoms with Crippen LogP contribution in [0, 0.1) is 20.8 Å². The van der Waals surface area contributed by atoms with E-state index in [1.54, 1.807) is 12.4 Å². The molecule has 0 spiro atoms. The maximum Gasteiger partial charge on any atom is 0.237 e. The Hall–Kier alpha value is -3.78. The first kappa shape index (κ1) is 21.1. The maximum atomic E-state index is 5.50. The third kappa shape index (κ3) is 4.29. The molecule has 0 saturated heterocycles. The van der Waals surface area contributed by atoms with Crippen molar-refractivity contribution in [2.45, 2.75) is 31.7 Å². The minimum Gasteiger partial charge on any atom is -0.338 e. The van der Waals surface area contributed by atoms with Gasteiger partial charge in [-0.15, -0.1) is 10.2 Å². The summed E-state index contributed by atoms with van der Waals surface area (Å²) in [5.41, 5.74) is 6.49. The number of nitrogens with zero attached hydrogens (tertiary/aromatic N) is 6. The van der Waals surface area contributed by atoms with Crippen LogP contribution >= 0.6 is 11.8 Å². The minimum absolute atomic E-state index is 0.484. The molecule has 5 rings (SSSR count). The van der Waals surface area contributed by atoms with Gasteiger partial charge in [-0.1, -0.05) is 58.9 Å². The lowest BCUT2D eigenvalue weighted by molar-refractivity contribution is 0.391. The van der Waals surface area contributed by atoms with Gasteiger partial charge >= 0.3 is 0 Å². The fourth-order valence-corrected chi connectivity index (χ4v) is 4.29. The highest BCUT2D eigenvalue weighted by molar-refractivity contribution is 7.98. The number of aromatic nitrogens is 6. The normalized spacial score (nSPS) is 11.1. The molecule has 0 aliphatic heterocycles. The average Bonchev–Trinajstić information content (AvgIpc) is 3.48. The minimum atomic E-state index is 0.484. The van der Waals surface area contributed by atoms with Crippen LogP contribution in [0.4, 0.5) is 0 Å². The first-order valence-electron chi connectivity index (χ1n) is 10.5. The predicted octanol–water partition coefficient (Wildman–Crippen LogP) is 5.60. The van der Waals surface area contributed by atoms with Gasteiger partial charge in [0.2, 0.25) is 11.7 Å². The Morgan fingerprint density at radius 1 is 0.879 bits per heavy atom. The molecule has 0 bridgehead atoms. The van der Waals surface area contributed by atoms with Crippen molar-refractivity contribution in [2.24, 2.45) is 0 Å². The molecule has 0 amide bonds. The quantitative estimate of drug-likeness (QED) is 0.309. The second kappa shape index (κ2) is 8.99. The molecule has 7 nitrogen and oxygen atoms in total. The van der Waals surface area contributed by atoms with Crippen molar-refractivity contribution in [3.8, 4) is 28.5 Å². The lowest BCUT2D eigenvalue weighted by Gasteiger charge is -2.14. The number of hydrogen-bond acceptors (Lipinski definition) is 7. The highest BCUT2D eigenvalue weighted by Crippen LogP contribution is 2.31. The highest BCUT2D eigenvalue weighted by atomic mass is 32.2. The molecular formula is C25H22N6OS. The zero-order chi connectivity index (χ0) is 22.8. The summed E-state index contributed by atoms with van der Waals surface area (Å²) in [6.45, 7) is 6.27. The number of thioether (sulfide) groups is 1. The van der Waals surface area contributed by atoms with Gasteiger partial charge in [0.15, 0.2) is 11.0 Å². The summed E-state index contributed by atoms with van der Waals surface area (Å²) in [4.78, 5) is 8.69. The molecule has 33 heavy (non-hydrogen) atoms. The van der Waals surface area contributed by atoms with E-state index in [0.29, 0.717) is 17.5 Å². The third-order valence-corrected chi connectivity index (χ3v) is 6.41. The molecule has 0 aliphatic carbocycles. The topological polar surface area (TPSA) is 82.5 Å². The van der Waals surface area contributed by atoms with Crippen LogP contribution in [0.15, 0.2) is 76.7 Å². The lowest BCUT2D eigenvalue weighted by Crippen LogP contribution is -2.03. The van der Waals surface area contributed by atoms with Crippen LogP contribution in [0.5, 0.6) is 0 Å². The van der Waals surface area contributed by atoms with Crippen LogP contribution in [-0.2, 0) is 5.75 Å². The van der Waals surface area contributed by atoms with Gasteiger partial charge in [-0.2, -0.15) is 4.98 Å². The number of benzene rings is 2. The second-order valence-corrected chi connectivity index (χ2v) is 8.71. The molecule has 2 aromatic carbocycles. The average molecular weight is 455 g/mol. The van der Waals surface area contributed by atoms with Gasteiger partial charge in [-0.3, -0.25) is 9.55 Å². The largest absolute Gasteiger partial charge is 0.338 e. The predicted molar refractivity (Wildman–Crippen MR) is 128 cm³/mol. The Balaban J connectivity index is 1.47. The van der Waals surface area contributed by atoms with Crippen LogP contribution < -0.4 is 0 Å². The van der Waals surface area contributed by atoms with Crippen molar-refractivity contribution in [2.75, 3.05) is 0 Å². The zero-order valence-corrected chi connectivity index (χ0v) is 19.4. The van der Waals surface area contributed by atoms with Gasteiger partial charge in [0.05, 0.1) is 11.4 Å². The molecule has 0 N–H and O–H groups in total. The second-order valence-electron chi connectivity index (χ2n) is 7.76. The van der Waals surface area contributed by atoms with Crippen LogP contribution in [0.25, 0.3) is 28.5 Å². The summed E-state index contributed by atoms with van der Waals surface area (Å²) < 4.78 is 7.59. The van der Waals surface area contributed by atoms with Crippen molar-refractivity contribution < 1.29 is 4.52 Å². The van der Waals surface area contributed by atoms with E-state index in [1.165, 1.54) is 28.5 Å². The fourth-order valence-electron chi connectivity index (χ4n) is 3.51. The van der Waals surface area contributed by atoms with Gasteiger partial charge in [0.1, 0.15) is 0 Å². The molecule has 3 heterocycles. The maximum absolute atomic E-state index is 5.50. The summed E-state index contributed by atoms with van der Waals surface area (Å²) in [6, 6.07) is 18.2. The standard InChI is InChI=1S/C25H22N6OS/c1-16-7-9-19(10-8-16)23-27-22(32-30-23)15-33-25-29-28-24(20-11-13-26-14-12-20)31(25)21-6-4-5-17(2)18(21)3/h4-14H,15H2,1-3H3. The van der Waals surface area contributed by atoms with Crippen LogP contribution in [0.3, 0.4) is 0 Å². The van der Waals surface area contributed by atoms with Crippen LogP contribution in [0.2, 0.25) is 0 Å². The van der Waals surface area contributed by atoms with Crippen LogP contribution in [-0.4, -0.2) is 29.9 Å². The van der Waals surface area contributed by atoms with E-state index in [9.17, 15) is 0 Å².